The van der Waals surface area contributed by atoms with Crippen molar-refractivity contribution < 1.29 is 26.4 Å². The second-order valence-corrected chi connectivity index (χ2v) is 11.4. The maximum Gasteiger partial charge on any atom is 0.263 e. The van der Waals surface area contributed by atoms with Gasteiger partial charge in [-0.05, 0) is 67.4 Å². The number of anilines is 2. The van der Waals surface area contributed by atoms with E-state index < -0.39 is 26.0 Å². The van der Waals surface area contributed by atoms with Crippen molar-refractivity contribution in [3.05, 3.63) is 72.4 Å². The van der Waals surface area contributed by atoms with Gasteiger partial charge >= 0.3 is 0 Å². The molecule has 1 aliphatic rings. The van der Waals surface area contributed by atoms with Crippen molar-refractivity contribution in [3.8, 4) is 5.75 Å². The number of methoxy groups -OCH3 is 1. The molecule has 12 heteroatoms. The maximum absolute atomic E-state index is 13.0. The quantitative estimate of drug-likeness (QED) is 0.470. The van der Waals surface area contributed by atoms with Gasteiger partial charge in [0.25, 0.3) is 15.9 Å². The second-order valence-electron chi connectivity index (χ2n) is 7.77. The Bertz CT molecular complexity index is 1420. The first-order chi connectivity index (χ1) is 16.7. The summed E-state index contributed by atoms with van der Waals surface area (Å²) in [6.07, 6.45) is 3.06. The molecule has 1 amide bonds. The zero-order valence-corrected chi connectivity index (χ0v) is 20.5. The molecule has 2 N–H and O–H groups in total. The number of sulfonamides is 2. The number of hydrogen-bond donors (Lipinski definition) is 2. The average Bonchev–Trinajstić information content (AvgIpc) is 3.40. The number of hydrogen-bond acceptors (Lipinski definition) is 7. The minimum absolute atomic E-state index is 0.00684. The van der Waals surface area contributed by atoms with Crippen molar-refractivity contribution in [1.29, 1.82) is 0 Å². The van der Waals surface area contributed by atoms with Crippen LogP contribution in [0.1, 0.15) is 23.2 Å². The van der Waals surface area contributed by atoms with Gasteiger partial charge in [0, 0.05) is 25.0 Å². The second kappa shape index (κ2) is 10.0. The molecule has 1 aliphatic heterocycles. The third kappa shape index (κ3) is 5.45. The van der Waals surface area contributed by atoms with Gasteiger partial charge in [0.05, 0.1) is 22.5 Å². The number of nitrogens with zero attached hydrogens (tertiary/aromatic N) is 2. The van der Waals surface area contributed by atoms with Crippen molar-refractivity contribution in [2.75, 3.05) is 30.2 Å². The van der Waals surface area contributed by atoms with Crippen LogP contribution in [0.5, 0.6) is 5.75 Å². The monoisotopic (exact) mass is 516 g/mol. The lowest BCUT2D eigenvalue weighted by molar-refractivity contribution is 0.102. The number of benzene rings is 2. The number of rotatable bonds is 8. The molecule has 0 aliphatic carbocycles. The Kier molecular flexibility index (Phi) is 7.05. The van der Waals surface area contributed by atoms with E-state index in [1.165, 1.54) is 66.1 Å². The summed E-state index contributed by atoms with van der Waals surface area (Å²) in [5.74, 6) is -0.204. The SMILES string of the molecule is COc1ccc(S(=O)(=O)N2CCCC2)cc1C(=O)Nc1ccc(S(=O)(=O)Nc2ccccn2)cc1. The molecular weight excluding hydrogens is 492 g/mol. The van der Waals surface area contributed by atoms with E-state index in [0.29, 0.717) is 18.8 Å². The number of nitrogens with one attached hydrogen (secondary N) is 2. The molecule has 0 saturated carbocycles. The molecule has 4 rings (SSSR count). The molecule has 2 aromatic carbocycles. The highest BCUT2D eigenvalue weighted by Crippen LogP contribution is 2.27. The Morgan fingerprint density at radius 1 is 0.943 bits per heavy atom. The fraction of sp³-hybridized carbons (Fsp3) is 0.217. The number of amides is 1. The lowest BCUT2D eigenvalue weighted by Crippen LogP contribution is -2.28. The zero-order valence-electron chi connectivity index (χ0n) is 18.8. The van der Waals surface area contributed by atoms with Crippen LogP contribution in [0.25, 0.3) is 0 Å². The molecule has 2 heterocycles. The Morgan fingerprint density at radius 2 is 1.63 bits per heavy atom. The number of ether oxygens (including phenoxy) is 1. The van der Waals surface area contributed by atoms with Crippen LogP contribution in [0.4, 0.5) is 11.5 Å². The molecule has 1 saturated heterocycles. The van der Waals surface area contributed by atoms with Gasteiger partial charge in [-0.15, -0.1) is 0 Å². The van der Waals surface area contributed by atoms with E-state index in [9.17, 15) is 21.6 Å². The van der Waals surface area contributed by atoms with Gasteiger partial charge in [0.2, 0.25) is 10.0 Å². The molecule has 1 fully saturated rings. The van der Waals surface area contributed by atoms with Crippen molar-refractivity contribution >= 4 is 37.5 Å². The minimum atomic E-state index is -3.87. The predicted octanol–water partition coefficient (Wildman–Crippen LogP) is 2.93. The largest absolute Gasteiger partial charge is 0.496 e. The van der Waals surface area contributed by atoms with E-state index in [2.05, 4.69) is 15.0 Å². The molecule has 3 aromatic rings. The summed E-state index contributed by atoms with van der Waals surface area (Å²) >= 11 is 0. The van der Waals surface area contributed by atoms with Gasteiger partial charge in [-0.3, -0.25) is 9.52 Å². The summed E-state index contributed by atoms with van der Waals surface area (Å²) in [4.78, 5) is 16.9. The van der Waals surface area contributed by atoms with Crippen molar-refractivity contribution in [3.63, 3.8) is 0 Å². The zero-order chi connectivity index (χ0) is 25.1. The summed E-state index contributed by atoms with van der Waals surface area (Å²) in [7, 11) is -6.21. The molecule has 0 bridgehead atoms. The number of carbonyl (C=O) groups is 1. The third-order valence-electron chi connectivity index (χ3n) is 5.44. The molecule has 35 heavy (non-hydrogen) atoms. The van der Waals surface area contributed by atoms with Gasteiger partial charge in [-0.25, -0.2) is 21.8 Å². The highest BCUT2D eigenvalue weighted by Gasteiger charge is 2.28. The Labute approximate surface area is 204 Å². The molecule has 1 aromatic heterocycles. The first-order valence-corrected chi connectivity index (χ1v) is 13.7. The fourth-order valence-corrected chi connectivity index (χ4v) is 6.19. The Morgan fingerprint density at radius 3 is 2.26 bits per heavy atom. The first kappa shape index (κ1) is 24.6. The standard InChI is InChI=1S/C23H24N4O6S2/c1-33-21-12-11-19(35(31,32)27-14-4-5-15-27)16-20(21)23(28)25-17-7-9-18(10-8-17)34(29,30)26-22-6-2-3-13-24-22/h2-3,6-13,16H,4-5,14-15H2,1H3,(H,24,26)(H,25,28). The van der Waals surface area contributed by atoms with Crippen LogP contribution in [-0.4, -0.2) is 52.2 Å². The molecule has 0 spiro atoms. The molecule has 184 valence electrons. The van der Waals surface area contributed by atoms with E-state index in [-0.39, 0.29) is 26.9 Å². The number of carbonyl (C=O) groups excluding carboxylic acids is 1. The summed E-state index contributed by atoms with van der Waals surface area (Å²) in [5, 5.41) is 2.65. The van der Waals surface area contributed by atoms with Gasteiger partial charge in [0.15, 0.2) is 0 Å². The van der Waals surface area contributed by atoms with Crippen LogP contribution in [0, 0.1) is 0 Å². The summed E-state index contributed by atoms with van der Waals surface area (Å²) in [6.45, 7) is 0.890. The maximum atomic E-state index is 13.0. The molecule has 0 unspecified atom stereocenters. The molecule has 10 nitrogen and oxygen atoms in total. The highest BCUT2D eigenvalue weighted by atomic mass is 32.2. The van der Waals surface area contributed by atoms with Crippen molar-refractivity contribution in [2.24, 2.45) is 0 Å². The summed E-state index contributed by atoms with van der Waals surface area (Å²) in [5.41, 5.74) is 0.364. The van der Waals surface area contributed by atoms with E-state index in [1.807, 2.05) is 0 Å². The normalized spacial score (nSPS) is 14.4. The molecule has 0 radical (unpaired) electrons. The van der Waals surface area contributed by atoms with E-state index in [1.54, 1.807) is 12.1 Å². The molecular formula is C23H24N4O6S2. The van der Waals surface area contributed by atoms with Gasteiger partial charge in [0.1, 0.15) is 11.6 Å². The summed E-state index contributed by atoms with van der Waals surface area (Å²) < 4.78 is 60.0. The van der Waals surface area contributed by atoms with E-state index in [0.717, 1.165) is 12.8 Å². The van der Waals surface area contributed by atoms with Crippen LogP contribution in [-0.2, 0) is 20.0 Å². The van der Waals surface area contributed by atoms with Crippen LogP contribution in [0.3, 0.4) is 0 Å². The Hall–Kier alpha value is -3.48. The van der Waals surface area contributed by atoms with Crippen LogP contribution in [0.15, 0.2) is 76.7 Å². The number of aromatic nitrogens is 1. The van der Waals surface area contributed by atoms with Gasteiger partial charge in [-0.2, -0.15) is 4.31 Å². The minimum Gasteiger partial charge on any atom is -0.496 e. The lowest BCUT2D eigenvalue weighted by atomic mass is 10.2. The molecule has 0 atom stereocenters. The van der Waals surface area contributed by atoms with Crippen molar-refractivity contribution in [1.82, 2.24) is 9.29 Å². The smallest absolute Gasteiger partial charge is 0.263 e. The first-order valence-electron chi connectivity index (χ1n) is 10.7. The van der Waals surface area contributed by atoms with Crippen LogP contribution >= 0.6 is 0 Å². The highest BCUT2D eigenvalue weighted by molar-refractivity contribution is 7.92. The topological polar surface area (TPSA) is 135 Å². The lowest BCUT2D eigenvalue weighted by Gasteiger charge is -2.17. The summed E-state index contributed by atoms with van der Waals surface area (Å²) in [6, 6.07) is 14.5. The number of pyridine rings is 1. The van der Waals surface area contributed by atoms with Crippen LogP contribution in [0.2, 0.25) is 0 Å². The predicted molar refractivity (Wildman–Crippen MR) is 130 cm³/mol. The van der Waals surface area contributed by atoms with E-state index >= 15 is 0 Å². The van der Waals surface area contributed by atoms with E-state index in [4.69, 9.17) is 4.74 Å². The Balaban J connectivity index is 1.53. The van der Waals surface area contributed by atoms with Gasteiger partial charge in [-0.1, -0.05) is 6.07 Å². The third-order valence-corrected chi connectivity index (χ3v) is 8.71. The van der Waals surface area contributed by atoms with Crippen LogP contribution < -0.4 is 14.8 Å². The van der Waals surface area contributed by atoms with Gasteiger partial charge < -0.3 is 10.1 Å². The van der Waals surface area contributed by atoms with Crippen molar-refractivity contribution in [2.45, 2.75) is 22.6 Å². The fourth-order valence-electron chi connectivity index (χ4n) is 3.64. The average molecular weight is 517 g/mol.